The van der Waals surface area contributed by atoms with Gasteiger partial charge in [-0.2, -0.15) is 4.98 Å². The van der Waals surface area contributed by atoms with Crippen molar-refractivity contribution >= 4 is 17.5 Å². The Hall–Kier alpha value is -1.80. The molecule has 0 amide bonds. The maximum Gasteiger partial charge on any atom is 0.279 e. The lowest BCUT2D eigenvalue weighted by Gasteiger charge is -2.29. The molecular formula is C9H14N5O3. The molecule has 6 N–H and O–H groups in total. The first-order chi connectivity index (χ1) is 7.99. The lowest BCUT2D eigenvalue weighted by molar-refractivity contribution is 0.0114. The predicted molar refractivity (Wildman–Crippen MR) is 61.0 cm³/mol. The Kier molecular flexibility index (Phi) is 2.90. The SMILES string of the molecule is CC(O)C(O)C1CNc2nc(N)[nH]c(=O)c2[N]1. The van der Waals surface area contributed by atoms with Gasteiger partial charge in [0, 0.05) is 6.54 Å². The average molecular weight is 240 g/mol. The van der Waals surface area contributed by atoms with Crippen LogP contribution in [0, 0.1) is 0 Å². The summed E-state index contributed by atoms with van der Waals surface area (Å²) < 4.78 is 0. The summed E-state index contributed by atoms with van der Waals surface area (Å²) >= 11 is 0. The Labute approximate surface area is 96.9 Å². The van der Waals surface area contributed by atoms with Crippen LogP contribution in [-0.4, -0.2) is 45.0 Å². The zero-order chi connectivity index (χ0) is 12.6. The molecule has 1 aliphatic heterocycles. The summed E-state index contributed by atoms with van der Waals surface area (Å²) in [6.07, 6.45) is -1.96. The lowest BCUT2D eigenvalue weighted by Crippen LogP contribution is -2.48. The second-order valence-corrected chi connectivity index (χ2v) is 3.96. The minimum atomic E-state index is -1.03. The molecule has 93 valence electrons. The van der Waals surface area contributed by atoms with Crippen molar-refractivity contribution in [1.29, 1.82) is 0 Å². The number of aliphatic hydroxyl groups excluding tert-OH is 2. The summed E-state index contributed by atoms with van der Waals surface area (Å²) in [7, 11) is 0. The molecule has 3 atom stereocenters. The maximum absolute atomic E-state index is 11.6. The van der Waals surface area contributed by atoms with E-state index in [9.17, 15) is 15.0 Å². The number of anilines is 2. The Bertz CT molecular complexity index is 472. The van der Waals surface area contributed by atoms with E-state index in [2.05, 4.69) is 20.6 Å². The van der Waals surface area contributed by atoms with Gasteiger partial charge in [-0.3, -0.25) is 15.1 Å². The maximum atomic E-state index is 11.6. The number of hydrogen-bond acceptors (Lipinski definition) is 6. The second kappa shape index (κ2) is 4.22. The zero-order valence-electron chi connectivity index (χ0n) is 9.21. The van der Waals surface area contributed by atoms with E-state index in [4.69, 9.17) is 5.73 Å². The van der Waals surface area contributed by atoms with Crippen LogP contribution in [0.1, 0.15) is 6.92 Å². The van der Waals surface area contributed by atoms with Gasteiger partial charge in [0.1, 0.15) is 6.10 Å². The highest BCUT2D eigenvalue weighted by atomic mass is 16.3. The lowest BCUT2D eigenvalue weighted by atomic mass is 10.0. The number of fused-ring (bicyclic) bond motifs is 1. The van der Waals surface area contributed by atoms with E-state index in [1.54, 1.807) is 0 Å². The van der Waals surface area contributed by atoms with Gasteiger partial charge < -0.3 is 21.3 Å². The molecule has 0 saturated carbocycles. The van der Waals surface area contributed by atoms with Crippen molar-refractivity contribution in [3.05, 3.63) is 10.4 Å². The van der Waals surface area contributed by atoms with Crippen molar-refractivity contribution in [1.82, 2.24) is 15.3 Å². The molecule has 1 aromatic rings. The van der Waals surface area contributed by atoms with Gasteiger partial charge in [0.2, 0.25) is 5.95 Å². The Balaban J connectivity index is 2.27. The number of H-pyrrole nitrogens is 1. The van der Waals surface area contributed by atoms with Gasteiger partial charge >= 0.3 is 0 Å². The summed E-state index contributed by atoms with van der Waals surface area (Å²) in [6.45, 7) is 1.75. The molecule has 17 heavy (non-hydrogen) atoms. The van der Waals surface area contributed by atoms with E-state index in [1.807, 2.05) is 0 Å². The van der Waals surface area contributed by atoms with Crippen molar-refractivity contribution in [3.63, 3.8) is 0 Å². The minimum absolute atomic E-state index is 0.00553. The van der Waals surface area contributed by atoms with E-state index in [0.717, 1.165) is 0 Å². The van der Waals surface area contributed by atoms with Crippen LogP contribution in [-0.2, 0) is 0 Å². The molecule has 2 rings (SSSR count). The number of nitrogens with two attached hydrogens (primary N) is 1. The minimum Gasteiger partial charge on any atom is -0.391 e. The number of nitrogens with one attached hydrogen (secondary N) is 2. The van der Waals surface area contributed by atoms with Gasteiger partial charge in [0.25, 0.3) is 5.56 Å². The third-order valence-corrected chi connectivity index (χ3v) is 2.58. The Morgan fingerprint density at radius 3 is 2.88 bits per heavy atom. The first kappa shape index (κ1) is 11.7. The Morgan fingerprint density at radius 2 is 2.24 bits per heavy atom. The van der Waals surface area contributed by atoms with Gasteiger partial charge in [0.15, 0.2) is 11.5 Å². The number of hydrogen-bond donors (Lipinski definition) is 5. The fourth-order valence-corrected chi connectivity index (χ4v) is 1.66. The molecule has 2 heterocycles. The van der Waals surface area contributed by atoms with Gasteiger partial charge in [-0.05, 0) is 6.92 Å². The number of aliphatic hydroxyl groups is 2. The average Bonchev–Trinajstić information content (AvgIpc) is 2.27. The molecule has 0 aliphatic carbocycles. The van der Waals surface area contributed by atoms with Crippen LogP contribution in [0.3, 0.4) is 0 Å². The van der Waals surface area contributed by atoms with E-state index in [-0.39, 0.29) is 18.2 Å². The van der Waals surface area contributed by atoms with Crippen LogP contribution in [0.5, 0.6) is 0 Å². The quantitative estimate of drug-likeness (QED) is 0.410. The third kappa shape index (κ3) is 2.17. The van der Waals surface area contributed by atoms with E-state index in [1.165, 1.54) is 6.92 Å². The normalized spacial score (nSPS) is 21.9. The molecule has 0 spiro atoms. The van der Waals surface area contributed by atoms with Gasteiger partial charge in [-0.25, -0.2) is 0 Å². The van der Waals surface area contributed by atoms with Crippen LogP contribution in [0.4, 0.5) is 17.5 Å². The van der Waals surface area contributed by atoms with Crippen LogP contribution in [0.2, 0.25) is 0 Å². The summed E-state index contributed by atoms with van der Waals surface area (Å²) in [5.74, 6) is 0.297. The van der Waals surface area contributed by atoms with Crippen molar-refractivity contribution in [2.75, 3.05) is 17.6 Å². The van der Waals surface area contributed by atoms with E-state index >= 15 is 0 Å². The zero-order valence-corrected chi connectivity index (χ0v) is 9.21. The number of nitrogen functional groups attached to an aromatic ring is 1. The smallest absolute Gasteiger partial charge is 0.279 e. The second-order valence-electron chi connectivity index (χ2n) is 3.96. The fourth-order valence-electron chi connectivity index (χ4n) is 1.66. The van der Waals surface area contributed by atoms with Crippen molar-refractivity contribution in [3.8, 4) is 0 Å². The molecule has 1 aromatic heterocycles. The predicted octanol–water partition coefficient (Wildman–Crippen LogP) is -1.88. The summed E-state index contributed by atoms with van der Waals surface area (Å²) in [6, 6.07) is -0.589. The molecule has 0 aromatic carbocycles. The first-order valence-corrected chi connectivity index (χ1v) is 5.19. The molecule has 1 aliphatic rings. The fraction of sp³-hybridized carbons (Fsp3) is 0.556. The van der Waals surface area contributed by atoms with Gasteiger partial charge in [0.05, 0.1) is 12.1 Å². The molecule has 1 radical (unpaired) electrons. The van der Waals surface area contributed by atoms with E-state index in [0.29, 0.717) is 5.82 Å². The number of rotatable bonds is 2. The van der Waals surface area contributed by atoms with Crippen molar-refractivity contribution in [2.45, 2.75) is 25.2 Å². The number of aromatic amines is 1. The topological polar surface area (TPSA) is 138 Å². The molecule has 0 bridgehead atoms. The molecule has 0 fully saturated rings. The molecular weight excluding hydrogens is 226 g/mol. The van der Waals surface area contributed by atoms with Gasteiger partial charge in [-0.15, -0.1) is 0 Å². The number of aromatic nitrogens is 2. The largest absolute Gasteiger partial charge is 0.391 e. The third-order valence-electron chi connectivity index (χ3n) is 2.58. The van der Waals surface area contributed by atoms with E-state index < -0.39 is 23.8 Å². The highest BCUT2D eigenvalue weighted by molar-refractivity contribution is 5.62. The van der Waals surface area contributed by atoms with Crippen molar-refractivity contribution in [2.24, 2.45) is 0 Å². The summed E-state index contributed by atoms with van der Waals surface area (Å²) in [5, 5.41) is 25.9. The first-order valence-electron chi connectivity index (χ1n) is 5.19. The van der Waals surface area contributed by atoms with Crippen LogP contribution >= 0.6 is 0 Å². The monoisotopic (exact) mass is 240 g/mol. The molecule has 0 saturated heterocycles. The molecule has 8 heteroatoms. The number of nitrogens with zero attached hydrogens (tertiary/aromatic N) is 2. The standard InChI is InChI=1S/C9H14N5O3/c1-3(15)6(16)4-2-11-7-5(12-4)8(17)14-9(10)13-7/h3-4,6,15-16H,2H2,1H3,(H4,10,11,13,14,17). The van der Waals surface area contributed by atoms with Crippen LogP contribution in [0.25, 0.3) is 0 Å². The van der Waals surface area contributed by atoms with Crippen LogP contribution < -0.4 is 21.9 Å². The Morgan fingerprint density at radius 1 is 1.53 bits per heavy atom. The highest BCUT2D eigenvalue weighted by Crippen LogP contribution is 2.21. The van der Waals surface area contributed by atoms with Crippen LogP contribution in [0.15, 0.2) is 4.79 Å². The molecule has 8 nitrogen and oxygen atoms in total. The molecule has 3 unspecified atom stereocenters. The van der Waals surface area contributed by atoms with Gasteiger partial charge in [-0.1, -0.05) is 0 Å². The van der Waals surface area contributed by atoms with Crippen molar-refractivity contribution < 1.29 is 10.2 Å². The summed E-state index contributed by atoms with van der Waals surface area (Å²) in [4.78, 5) is 17.8. The summed E-state index contributed by atoms with van der Waals surface area (Å²) in [5.41, 5.74) is 5.01. The highest BCUT2D eigenvalue weighted by Gasteiger charge is 2.30.